The highest BCUT2D eigenvalue weighted by Gasteiger charge is 2.41. The lowest BCUT2D eigenvalue weighted by atomic mass is 9.77. The number of piperidine rings is 1. The van der Waals surface area contributed by atoms with Crippen LogP contribution >= 0.6 is 0 Å². The lowest BCUT2D eigenvalue weighted by Gasteiger charge is -2.38. The molecule has 0 unspecified atom stereocenters. The Bertz CT molecular complexity index is 611. The summed E-state index contributed by atoms with van der Waals surface area (Å²) in [5.41, 5.74) is 3.83. The summed E-state index contributed by atoms with van der Waals surface area (Å²) in [6.45, 7) is 0.358. The van der Waals surface area contributed by atoms with Crippen molar-refractivity contribution in [3.05, 3.63) is 24.0 Å². The zero-order valence-electron chi connectivity index (χ0n) is 12.6. The van der Waals surface area contributed by atoms with Crippen molar-refractivity contribution in [2.24, 2.45) is 11.1 Å². The van der Waals surface area contributed by atoms with E-state index in [0.29, 0.717) is 0 Å². The molecule has 10 heteroatoms. The number of nitrogens with two attached hydrogens (primary N) is 1. The highest BCUT2D eigenvalue weighted by Crippen LogP contribution is 2.32. The fourth-order valence-electron chi connectivity index (χ4n) is 2.55. The van der Waals surface area contributed by atoms with Crippen LogP contribution in [0.2, 0.25) is 0 Å². The maximum absolute atomic E-state index is 12.5. The quantitative estimate of drug-likeness (QED) is 0.773. The van der Waals surface area contributed by atoms with Gasteiger partial charge in [0.05, 0.1) is 17.3 Å². The minimum atomic E-state index is -4.55. The molecule has 0 saturated carbocycles. The van der Waals surface area contributed by atoms with Gasteiger partial charge in [0.1, 0.15) is 5.69 Å². The van der Waals surface area contributed by atoms with Crippen molar-refractivity contribution in [1.29, 1.82) is 0 Å². The monoisotopic (exact) mass is 346 g/mol. The van der Waals surface area contributed by atoms with E-state index < -0.39 is 29.3 Å². The molecule has 4 N–H and O–H groups in total. The third-order valence-electron chi connectivity index (χ3n) is 4.18. The van der Waals surface area contributed by atoms with Gasteiger partial charge in [-0.25, -0.2) is 9.78 Å². The number of hydrogen-bond acceptors (Lipinski definition) is 4. The molecular weight excluding hydrogens is 329 g/mol. The summed E-state index contributed by atoms with van der Waals surface area (Å²) in [5, 5.41) is 11.5. The van der Waals surface area contributed by atoms with Gasteiger partial charge >= 0.3 is 12.3 Å². The van der Waals surface area contributed by atoms with Crippen LogP contribution in [0.3, 0.4) is 0 Å². The molecule has 0 spiro atoms. The van der Waals surface area contributed by atoms with Gasteiger partial charge in [0.15, 0.2) is 0 Å². The summed E-state index contributed by atoms with van der Waals surface area (Å²) in [6.07, 6.45) is -4.19. The summed E-state index contributed by atoms with van der Waals surface area (Å²) in [7, 11) is 0. The van der Waals surface area contributed by atoms with Crippen molar-refractivity contribution in [1.82, 2.24) is 9.88 Å². The van der Waals surface area contributed by atoms with Crippen LogP contribution in [0.5, 0.6) is 0 Å². The number of nitrogens with zero attached hydrogens (tertiary/aromatic N) is 2. The van der Waals surface area contributed by atoms with E-state index in [9.17, 15) is 22.8 Å². The molecule has 1 saturated heterocycles. The third kappa shape index (κ3) is 3.75. The molecular formula is C14H17F3N4O3. The number of rotatable bonds is 3. The second-order valence-corrected chi connectivity index (χ2v) is 5.64. The molecule has 1 aromatic heterocycles. The Labute approximate surface area is 135 Å². The average Bonchev–Trinajstić information content (AvgIpc) is 2.54. The first kappa shape index (κ1) is 18.0. The molecule has 24 heavy (non-hydrogen) atoms. The van der Waals surface area contributed by atoms with Gasteiger partial charge in [-0.2, -0.15) is 13.2 Å². The smallest absolute Gasteiger partial charge is 0.433 e. The number of anilines is 1. The fraction of sp³-hybridized carbons (Fsp3) is 0.500. The minimum Gasteiger partial charge on any atom is -0.465 e. The van der Waals surface area contributed by atoms with E-state index in [1.807, 2.05) is 0 Å². The Kier molecular flexibility index (Phi) is 4.97. The van der Waals surface area contributed by atoms with E-state index in [1.54, 1.807) is 0 Å². The number of hydrogen-bond donors (Lipinski definition) is 3. The number of halogens is 3. The Morgan fingerprint density at radius 3 is 2.38 bits per heavy atom. The molecule has 2 heterocycles. The zero-order valence-corrected chi connectivity index (χ0v) is 12.6. The van der Waals surface area contributed by atoms with Gasteiger partial charge < -0.3 is 21.1 Å². The lowest BCUT2D eigenvalue weighted by Crippen LogP contribution is -2.51. The van der Waals surface area contributed by atoms with Crippen LogP contribution in [0.4, 0.5) is 23.7 Å². The van der Waals surface area contributed by atoms with E-state index >= 15 is 0 Å². The number of likely N-dealkylation sites (tertiary alicyclic amines) is 1. The topological polar surface area (TPSA) is 109 Å². The Hall–Kier alpha value is -2.36. The van der Waals surface area contributed by atoms with E-state index in [-0.39, 0.29) is 38.2 Å². The van der Waals surface area contributed by atoms with Crippen LogP contribution in [0.15, 0.2) is 18.3 Å². The summed E-state index contributed by atoms with van der Waals surface area (Å²) in [6, 6.07) is 1.89. The van der Waals surface area contributed by atoms with E-state index in [2.05, 4.69) is 10.3 Å². The first-order valence-corrected chi connectivity index (χ1v) is 7.20. The van der Waals surface area contributed by atoms with Crippen molar-refractivity contribution < 1.29 is 27.9 Å². The largest absolute Gasteiger partial charge is 0.465 e. The highest BCUT2D eigenvalue weighted by molar-refractivity contribution is 5.95. The molecule has 2 rings (SSSR count). The van der Waals surface area contributed by atoms with Gasteiger partial charge in [-0.15, -0.1) is 0 Å². The van der Waals surface area contributed by atoms with Gasteiger partial charge in [0.25, 0.3) is 0 Å². The molecule has 0 aromatic carbocycles. The van der Waals surface area contributed by atoms with E-state index in [1.165, 1.54) is 4.90 Å². The van der Waals surface area contributed by atoms with Gasteiger partial charge in [-0.05, 0) is 25.0 Å². The molecule has 0 bridgehead atoms. The summed E-state index contributed by atoms with van der Waals surface area (Å²) >= 11 is 0. The van der Waals surface area contributed by atoms with Crippen LogP contribution in [0.25, 0.3) is 0 Å². The normalized spacial score (nSPS) is 17.4. The highest BCUT2D eigenvalue weighted by atomic mass is 19.4. The van der Waals surface area contributed by atoms with Crippen LogP contribution in [0.1, 0.15) is 18.5 Å². The molecule has 0 radical (unpaired) electrons. The number of carboxylic acid groups (broad SMARTS) is 1. The predicted octanol–water partition coefficient (Wildman–Crippen LogP) is 1.76. The first-order chi connectivity index (χ1) is 11.2. The summed E-state index contributed by atoms with van der Waals surface area (Å²) in [5.74, 6) is -0.448. The Morgan fingerprint density at radius 1 is 1.33 bits per heavy atom. The number of alkyl halides is 3. The average molecular weight is 346 g/mol. The standard InChI is InChI=1S/C14H17F3N4O3/c15-14(16,17)10-2-1-9(7-19-10)20-11(22)13(8-18)3-5-21(6-4-13)12(23)24/h1-2,7H,3-6,8,18H2,(H,20,22)(H,23,24). The molecule has 1 fully saturated rings. The molecule has 1 aromatic rings. The molecule has 1 aliphatic heterocycles. The maximum Gasteiger partial charge on any atom is 0.433 e. The van der Waals surface area contributed by atoms with Crippen LogP contribution in [-0.2, 0) is 11.0 Å². The Morgan fingerprint density at radius 2 is 1.96 bits per heavy atom. The summed E-state index contributed by atoms with van der Waals surface area (Å²) < 4.78 is 37.4. The lowest BCUT2D eigenvalue weighted by molar-refractivity contribution is -0.141. The van der Waals surface area contributed by atoms with E-state index in [4.69, 9.17) is 10.8 Å². The number of carbonyl (C=O) groups is 2. The number of aromatic nitrogens is 1. The van der Waals surface area contributed by atoms with Gasteiger partial charge in [0.2, 0.25) is 5.91 Å². The number of amides is 2. The van der Waals surface area contributed by atoms with Gasteiger partial charge in [0, 0.05) is 19.6 Å². The van der Waals surface area contributed by atoms with Crippen molar-refractivity contribution in [3.63, 3.8) is 0 Å². The van der Waals surface area contributed by atoms with Crippen molar-refractivity contribution >= 4 is 17.7 Å². The Balaban J connectivity index is 2.06. The number of carbonyl (C=O) groups excluding carboxylic acids is 1. The second-order valence-electron chi connectivity index (χ2n) is 5.64. The number of nitrogens with one attached hydrogen (secondary N) is 1. The van der Waals surface area contributed by atoms with Crippen LogP contribution in [-0.4, -0.2) is 46.6 Å². The zero-order chi connectivity index (χ0) is 18.0. The molecule has 0 aliphatic carbocycles. The predicted molar refractivity (Wildman–Crippen MR) is 78.2 cm³/mol. The molecule has 0 atom stereocenters. The van der Waals surface area contributed by atoms with E-state index in [0.717, 1.165) is 18.3 Å². The van der Waals surface area contributed by atoms with Crippen molar-refractivity contribution in [2.75, 3.05) is 25.0 Å². The SMILES string of the molecule is NCC1(C(=O)Nc2ccc(C(F)(F)F)nc2)CCN(C(=O)O)CC1. The van der Waals surface area contributed by atoms with Crippen LogP contribution in [0, 0.1) is 5.41 Å². The molecule has 2 amide bonds. The molecule has 132 valence electrons. The third-order valence-corrected chi connectivity index (χ3v) is 4.18. The fourth-order valence-corrected chi connectivity index (χ4v) is 2.55. The maximum atomic E-state index is 12.5. The van der Waals surface area contributed by atoms with Gasteiger partial charge in [-0.1, -0.05) is 0 Å². The molecule has 7 nitrogen and oxygen atoms in total. The molecule has 1 aliphatic rings. The number of pyridine rings is 1. The first-order valence-electron chi connectivity index (χ1n) is 7.20. The minimum absolute atomic E-state index is 0.0142. The second kappa shape index (κ2) is 6.63. The summed E-state index contributed by atoms with van der Waals surface area (Å²) in [4.78, 5) is 27.9. The van der Waals surface area contributed by atoms with Crippen molar-refractivity contribution in [3.8, 4) is 0 Å². The van der Waals surface area contributed by atoms with Crippen molar-refractivity contribution in [2.45, 2.75) is 19.0 Å². The van der Waals surface area contributed by atoms with Crippen LogP contribution < -0.4 is 11.1 Å². The van der Waals surface area contributed by atoms with Gasteiger partial charge in [-0.3, -0.25) is 4.79 Å².